The van der Waals surface area contributed by atoms with E-state index in [1.807, 2.05) is 38.1 Å². The van der Waals surface area contributed by atoms with Crippen LogP contribution in [0.3, 0.4) is 0 Å². The number of anilines is 1. The number of carbonyl (C=O) groups is 1. The maximum atomic E-state index is 11.9. The first-order chi connectivity index (χ1) is 10.5. The Hall–Kier alpha value is -1.46. The van der Waals surface area contributed by atoms with E-state index < -0.39 is 6.10 Å². The molecule has 1 aliphatic heterocycles. The molecule has 2 atom stereocenters. The quantitative estimate of drug-likeness (QED) is 0.778. The van der Waals surface area contributed by atoms with Crippen LogP contribution in [-0.4, -0.2) is 42.9 Å². The summed E-state index contributed by atoms with van der Waals surface area (Å²) in [6.07, 6.45) is 0.379. The summed E-state index contributed by atoms with van der Waals surface area (Å²) in [6, 6.07) is 7.62. The van der Waals surface area contributed by atoms with Crippen LogP contribution in [0.1, 0.15) is 20.3 Å². The third-order valence-electron chi connectivity index (χ3n) is 3.94. The number of carbonyl (C=O) groups excluding carboxylic acids is 1. The lowest BCUT2D eigenvalue weighted by molar-refractivity contribution is 0.124. The largest absolute Gasteiger partial charge is 0.391 e. The number of aliphatic hydroxyl groups is 1. The SMILES string of the molecule is CC(C)C(O)CNC(=O)NC1CCN(c2cccc(Cl)c2)C1. The van der Waals surface area contributed by atoms with Crippen LogP contribution in [-0.2, 0) is 0 Å². The summed E-state index contributed by atoms with van der Waals surface area (Å²) in [7, 11) is 0. The number of nitrogens with zero attached hydrogens (tertiary/aromatic N) is 1. The predicted octanol–water partition coefficient (Wildman–Crippen LogP) is 2.23. The summed E-state index contributed by atoms with van der Waals surface area (Å²) in [6.45, 7) is 5.77. The van der Waals surface area contributed by atoms with Gasteiger partial charge in [-0.25, -0.2) is 4.79 Å². The lowest BCUT2D eigenvalue weighted by Crippen LogP contribution is -2.46. The molecule has 0 aromatic heterocycles. The fourth-order valence-corrected chi connectivity index (χ4v) is 2.64. The van der Waals surface area contributed by atoms with E-state index in [0.29, 0.717) is 5.02 Å². The number of hydrogen-bond acceptors (Lipinski definition) is 3. The average Bonchev–Trinajstić information content (AvgIpc) is 2.93. The molecule has 1 saturated heterocycles. The Bertz CT molecular complexity index is 510. The van der Waals surface area contributed by atoms with Gasteiger partial charge in [-0.15, -0.1) is 0 Å². The molecule has 22 heavy (non-hydrogen) atoms. The summed E-state index contributed by atoms with van der Waals surface area (Å²) < 4.78 is 0. The van der Waals surface area contributed by atoms with Crippen LogP contribution in [0, 0.1) is 5.92 Å². The molecule has 1 aliphatic rings. The van der Waals surface area contributed by atoms with Crippen molar-refractivity contribution in [1.82, 2.24) is 10.6 Å². The molecule has 1 heterocycles. The molecule has 0 saturated carbocycles. The van der Waals surface area contributed by atoms with Crippen LogP contribution >= 0.6 is 11.6 Å². The third-order valence-corrected chi connectivity index (χ3v) is 4.17. The number of halogens is 1. The molecule has 1 fully saturated rings. The Balaban J connectivity index is 1.77. The molecule has 0 spiro atoms. The van der Waals surface area contributed by atoms with Crippen molar-refractivity contribution in [3.8, 4) is 0 Å². The molecule has 3 N–H and O–H groups in total. The van der Waals surface area contributed by atoms with Gasteiger partial charge in [0, 0.05) is 36.4 Å². The minimum atomic E-state index is -0.516. The Labute approximate surface area is 136 Å². The zero-order valence-electron chi connectivity index (χ0n) is 13.1. The van der Waals surface area contributed by atoms with Gasteiger partial charge in [-0.05, 0) is 30.5 Å². The topological polar surface area (TPSA) is 64.6 Å². The molecular formula is C16H24ClN3O2. The van der Waals surface area contributed by atoms with E-state index in [-0.39, 0.29) is 24.5 Å². The third kappa shape index (κ3) is 4.78. The Morgan fingerprint density at radius 2 is 2.27 bits per heavy atom. The van der Waals surface area contributed by atoms with Gasteiger partial charge < -0.3 is 20.6 Å². The van der Waals surface area contributed by atoms with E-state index >= 15 is 0 Å². The van der Waals surface area contributed by atoms with Gasteiger partial charge in [0.1, 0.15) is 0 Å². The van der Waals surface area contributed by atoms with E-state index in [1.165, 1.54) is 0 Å². The number of hydrogen-bond donors (Lipinski definition) is 3. The number of aliphatic hydroxyl groups excluding tert-OH is 1. The van der Waals surface area contributed by atoms with Crippen molar-refractivity contribution < 1.29 is 9.90 Å². The summed E-state index contributed by atoms with van der Waals surface area (Å²) in [5.41, 5.74) is 1.08. The second-order valence-electron chi connectivity index (χ2n) is 6.08. The van der Waals surface area contributed by atoms with Gasteiger partial charge >= 0.3 is 6.03 Å². The first-order valence-corrected chi connectivity index (χ1v) is 8.06. The Morgan fingerprint density at radius 1 is 1.50 bits per heavy atom. The maximum absolute atomic E-state index is 11.9. The van der Waals surface area contributed by atoms with Crippen LogP contribution in [0.25, 0.3) is 0 Å². The first kappa shape index (κ1) is 16.9. The summed E-state index contributed by atoms with van der Waals surface area (Å²) in [5.74, 6) is 0.130. The van der Waals surface area contributed by atoms with Crippen molar-refractivity contribution in [3.05, 3.63) is 29.3 Å². The van der Waals surface area contributed by atoms with Gasteiger partial charge in [-0.3, -0.25) is 0 Å². The second-order valence-corrected chi connectivity index (χ2v) is 6.51. The van der Waals surface area contributed by atoms with Gasteiger partial charge in [0.15, 0.2) is 0 Å². The highest BCUT2D eigenvalue weighted by Crippen LogP contribution is 2.23. The van der Waals surface area contributed by atoms with Gasteiger partial charge in [0.05, 0.1) is 6.10 Å². The van der Waals surface area contributed by atoms with Gasteiger partial charge in [0.25, 0.3) is 0 Å². The van der Waals surface area contributed by atoms with Crippen molar-refractivity contribution >= 4 is 23.3 Å². The number of nitrogens with one attached hydrogen (secondary N) is 2. The molecule has 5 nitrogen and oxygen atoms in total. The molecule has 1 aromatic carbocycles. The minimum absolute atomic E-state index is 0.107. The molecule has 2 unspecified atom stereocenters. The van der Waals surface area contributed by atoms with E-state index in [2.05, 4.69) is 15.5 Å². The molecule has 0 radical (unpaired) electrons. The Morgan fingerprint density at radius 3 is 2.95 bits per heavy atom. The van der Waals surface area contributed by atoms with E-state index in [0.717, 1.165) is 25.2 Å². The van der Waals surface area contributed by atoms with Crippen LogP contribution in [0.2, 0.25) is 5.02 Å². The molecule has 2 amide bonds. The van der Waals surface area contributed by atoms with E-state index in [9.17, 15) is 9.90 Å². The normalized spacial score (nSPS) is 19.3. The lowest BCUT2D eigenvalue weighted by Gasteiger charge is -2.20. The predicted molar refractivity (Wildman–Crippen MR) is 89.4 cm³/mol. The number of urea groups is 1. The van der Waals surface area contributed by atoms with Gasteiger partial charge in [0.2, 0.25) is 0 Å². The van der Waals surface area contributed by atoms with Crippen LogP contribution in [0.15, 0.2) is 24.3 Å². The summed E-state index contributed by atoms with van der Waals surface area (Å²) in [4.78, 5) is 14.1. The zero-order chi connectivity index (χ0) is 16.1. The fourth-order valence-electron chi connectivity index (χ4n) is 2.45. The number of benzene rings is 1. The summed E-state index contributed by atoms with van der Waals surface area (Å²) >= 11 is 6.01. The first-order valence-electron chi connectivity index (χ1n) is 7.68. The fraction of sp³-hybridized carbons (Fsp3) is 0.562. The monoisotopic (exact) mass is 325 g/mol. The number of amides is 2. The molecule has 0 aliphatic carbocycles. The number of rotatable bonds is 5. The van der Waals surface area contributed by atoms with Crippen LogP contribution in [0.4, 0.5) is 10.5 Å². The second kappa shape index (κ2) is 7.70. The highest BCUT2D eigenvalue weighted by Gasteiger charge is 2.24. The Kier molecular flexibility index (Phi) is 5.91. The van der Waals surface area contributed by atoms with Crippen molar-refractivity contribution in [2.24, 2.45) is 5.92 Å². The highest BCUT2D eigenvalue weighted by atomic mass is 35.5. The zero-order valence-corrected chi connectivity index (χ0v) is 13.8. The molecule has 2 rings (SSSR count). The van der Waals surface area contributed by atoms with E-state index in [4.69, 9.17) is 11.6 Å². The standard InChI is InChI=1S/C16H24ClN3O2/c1-11(2)15(21)9-18-16(22)19-13-6-7-20(10-13)14-5-3-4-12(17)8-14/h3-5,8,11,13,15,21H,6-7,9-10H2,1-2H3,(H2,18,19,22). The van der Waals surface area contributed by atoms with Crippen molar-refractivity contribution in [3.63, 3.8) is 0 Å². The molecule has 6 heteroatoms. The van der Waals surface area contributed by atoms with Gasteiger partial charge in [-0.2, -0.15) is 0 Å². The summed E-state index contributed by atoms with van der Waals surface area (Å²) in [5, 5.41) is 16.1. The van der Waals surface area contributed by atoms with Crippen LogP contribution < -0.4 is 15.5 Å². The van der Waals surface area contributed by atoms with Crippen molar-refractivity contribution in [1.29, 1.82) is 0 Å². The lowest BCUT2D eigenvalue weighted by atomic mass is 10.1. The van der Waals surface area contributed by atoms with E-state index in [1.54, 1.807) is 0 Å². The smallest absolute Gasteiger partial charge is 0.315 e. The maximum Gasteiger partial charge on any atom is 0.315 e. The average molecular weight is 326 g/mol. The molecule has 122 valence electrons. The molecule has 0 bridgehead atoms. The van der Waals surface area contributed by atoms with Crippen LogP contribution in [0.5, 0.6) is 0 Å². The van der Waals surface area contributed by atoms with Gasteiger partial charge in [-0.1, -0.05) is 31.5 Å². The van der Waals surface area contributed by atoms with Crippen molar-refractivity contribution in [2.45, 2.75) is 32.4 Å². The molecular weight excluding hydrogens is 302 g/mol. The van der Waals surface area contributed by atoms with Crippen molar-refractivity contribution in [2.75, 3.05) is 24.5 Å². The highest BCUT2D eigenvalue weighted by molar-refractivity contribution is 6.30. The molecule has 1 aromatic rings. The minimum Gasteiger partial charge on any atom is -0.391 e.